The van der Waals surface area contributed by atoms with Crippen molar-refractivity contribution in [3.63, 3.8) is 0 Å². The van der Waals surface area contributed by atoms with Gasteiger partial charge in [0.05, 0.1) is 17.2 Å². The molecule has 0 amide bonds. The Kier molecular flexibility index (Phi) is 7.10. The van der Waals surface area contributed by atoms with E-state index in [1.807, 2.05) is 0 Å². The highest BCUT2D eigenvalue weighted by atomic mass is 35.5. The molecule has 0 spiro atoms. The van der Waals surface area contributed by atoms with Gasteiger partial charge in [-0.2, -0.15) is 0 Å². The number of aliphatic hydroxyl groups excluding tert-OH is 1. The molecule has 0 aromatic heterocycles. The lowest BCUT2D eigenvalue weighted by molar-refractivity contribution is -0.274. The fourth-order valence-corrected chi connectivity index (χ4v) is 1.77. The highest BCUT2D eigenvalue weighted by Crippen LogP contribution is 2.32. The van der Waals surface area contributed by atoms with E-state index in [1.54, 1.807) is 13.8 Å². The molecule has 0 heterocycles. The number of hydrogen-bond donors (Lipinski definition) is 2. The van der Waals surface area contributed by atoms with Crippen LogP contribution < -0.4 is 10.5 Å². The van der Waals surface area contributed by atoms with Crippen molar-refractivity contribution in [2.75, 3.05) is 0 Å². The van der Waals surface area contributed by atoms with Crippen LogP contribution in [0.1, 0.15) is 25.5 Å². The predicted octanol–water partition coefficient (Wildman–Crippen LogP) is 3.68. The highest BCUT2D eigenvalue weighted by molar-refractivity contribution is 6.32. The molecular weight excluding hydrogens is 318 g/mol. The van der Waals surface area contributed by atoms with Crippen molar-refractivity contribution in [1.82, 2.24) is 0 Å². The van der Waals surface area contributed by atoms with Crippen LogP contribution in [0.25, 0.3) is 0 Å². The summed E-state index contributed by atoms with van der Waals surface area (Å²) in [6, 6.07) is 2.97. The van der Waals surface area contributed by atoms with Gasteiger partial charge in [0.25, 0.3) is 0 Å². The maximum atomic E-state index is 12.1. The number of aliphatic hydroxyl groups is 1. The first-order valence-electron chi connectivity index (χ1n) is 5.60. The van der Waals surface area contributed by atoms with Gasteiger partial charge in [0.2, 0.25) is 0 Å². The smallest absolute Gasteiger partial charge is 0.404 e. The number of nitrogens with two attached hydrogens (primary N) is 1. The van der Waals surface area contributed by atoms with E-state index >= 15 is 0 Å². The van der Waals surface area contributed by atoms with Crippen molar-refractivity contribution in [2.45, 2.75) is 32.4 Å². The lowest BCUT2D eigenvalue weighted by Gasteiger charge is -2.23. The van der Waals surface area contributed by atoms with Crippen molar-refractivity contribution in [1.29, 1.82) is 0 Å². The third-order valence-electron chi connectivity index (χ3n) is 2.62. The van der Waals surface area contributed by atoms with Crippen molar-refractivity contribution >= 4 is 24.0 Å². The molecule has 3 N–H and O–H groups in total. The first-order valence-corrected chi connectivity index (χ1v) is 5.98. The SMILES string of the molecule is CC(C)[C@H](O)[C@H](N)c1ccc(OC(F)(F)F)c(Cl)c1.Cl. The molecule has 3 nitrogen and oxygen atoms in total. The second-order valence-electron chi connectivity index (χ2n) is 4.50. The van der Waals surface area contributed by atoms with E-state index < -0.39 is 24.3 Å². The second kappa shape index (κ2) is 7.36. The maximum Gasteiger partial charge on any atom is 0.573 e. The van der Waals surface area contributed by atoms with Crippen LogP contribution in [0.2, 0.25) is 5.02 Å². The second-order valence-corrected chi connectivity index (χ2v) is 4.91. The molecule has 0 aliphatic rings. The zero-order valence-corrected chi connectivity index (χ0v) is 12.4. The molecule has 0 radical (unpaired) electrons. The first kappa shape index (κ1) is 19.3. The van der Waals surface area contributed by atoms with Gasteiger partial charge in [-0.25, -0.2) is 0 Å². The van der Waals surface area contributed by atoms with Gasteiger partial charge < -0.3 is 15.6 Å². The molecule has 20 heavy (non-hydrogen) atoms. The summed E-state index contributed by atoms with van der Waals surface area (Å²) >= 11 is 5.70. The quantitative estimate of drug-likeness (QED) is 0.883. The minimum atomic E-state index is -4.80. The van der Waals surface area contributed by atoms with E-state index in [1.165, 1.54) is 12.1 Å². The summed E-state index contributed by atoms with van der Waals surface area (Å²) in [4.78, 5) is 0. The van der Waals surface area contributed by atoms with Gasteiger partial charge in [0.1, 0.15) is 5.75 Å². The molecule has 116 valence electrons. The maximum absolute atomic E-state index is 12.1. The van der Waals surface area contributed by atoms with Crippen LogP contribution in [0.5, 0.6) is 5.75 Å². The van der Waals surface area contributed by atoms with Crippen molar-refractivity contribution < 1.29 is 23.0 Å². The average Bonchev–Trinajstić information content (AvgIpc) is 2.28. The molecule has 0 saturated heterocycles. The molecule has 1 rings (SSSR count). The van der Waals surface area contributed by atoms with Crippen molar-refractivity contribution in [3.8, 4) is 5.75 Å². The molecule has 1 aromatic carbocycles. The van der Waals surface area contributed by atoms with Crippen LogP contribution in [0.15, 0.2) is 18.2 Å². The number of hydrogen-bond acceptors (Lipinski definition) is 3. The Morgan fingerprint density at radius 1 is 1.30 bits per heavy atom. The van der Waals surface area contributed by atoms with Crippen LogP contribution in [0, 0.1) is 5.92 Å². The number of benzene rings is 1. The first-order chi connectivity index (χ1) is 8.61. The van der Waals surface area contributed by atoms with Crippen molar-refractivity contribution in [3.05, 3.63) is 28.8 Å². The lowest BCUT2D eigenvalue weighted by atomic mass is 9.94. The van der Waals surface area contributed by atoms with Crippen LogP contribution in [-0.4, -0.2) is 17.6 Å². The summed E-state index contributed by atoms with van der Waals surface area (Å²) < 4.78 is 39.9. The summed E-state index contributed by atoms with van der Waals surface area (Å²) in [5.41, 5.74) is 6.26. The number of rotatable bonds is 4. The Labute approximate surface area is 126 Å². The average molecular weight is 334 g/mol. The van der Waals surface area contributed by atoms with Crippen LogP contribution in [0.3, 0.4) is 0 Å². The van der Waals surface area contributed by atoms with Crippen LogP contribution >= 0.6 is 24.0 Å². The summed E-state index contributed by atoms with van der Waals surface area (Å²) in [5, 5.41) is 9.61. The van der Waals surface area contributed by atoms with Gasteiger partial charge in [0.15, 0.2) is 0 Å². The Balaban J connectivity index is 0.00000361. The Morgan fingerprint density at radius 3 is 2.25 bits per heavy atom. The van der Waals surface area contributed by atoms with E-state index in [0.29, 0.717) is 5.56 Å². The zero-order chi connectivity index (χ0) is 14.8. The molecular formula is C12H16Cl2F3NO2. The molecule has 8 heteroatoms. The van der Waals surface area contributed by atoms with E-state index in [4.69, 9.17) is 17.3 Å². The molecule has 0 unspecified atom stereocenters. The monoisotopic (exact) mass is 333 g/mol. The Hall–Kier alpha value is -0.690. The molecule has 0 saturated carbocycles. The van der Waals surface area contributed by atoms with Crippen LogP contribution in [0.4, 0.5) is 13.2 Å². The van der Waals surface area contributed by atoms with Gasteiger partial charge in [-0.3, -0.25) is 0 Å². The number of ether oxygens (including phenoxy) is 1. The van der Waals surface area contributed by atoms with E-state index in [-0.39, 0.29) is 23.3 Å². The van der Waals surface area contributed by atoms with Gasteiger partial charge in [-0.15, -0.1) is 25.6 Å². The fourth-order valence-electron chi connectivity index (χ4n) is 1.54. The largest absolute Gasteiger partial charge is 0.573 e. The third kappa shape index (κ3) is 5.36. The molecule has 0 fully saturated rings. The molecule has 1 aromatic rings. The van der Waals surface area contributed by atoms with Gasteiger partial charge in [0, 0.05) is 0 Å². The van der Waals surface area contributed by atoms with Gasteiger partial charge in [-0.1, -0.05) is 31.5 Å². The molecule has 2 atom stereocenters. The van der Waals surface area contributed by atoms with Gasteiger partial charge in [-0.05, 0) is 23.6 Å². The van der Waals surface area contributed by atoms with Gasteiger partial charge >= 0.3 is 6.36 Å². The van der Waals surface area contributed by atoms with E-state index in [0.717, 1.165) is 6.07 Å². The lowest BCUT2D eigenvalue weighted by Crippen LogP contribution is -2.30. The minimum absolute atomic E-state index is 0. The summed E-state index contributed by atoms with van der Waals surface area (Å²) in [6.07, 6.45) is -5.62. The summed E-state index contributed by atoms with van der Waals surface area (Å²) in [6.45, 7) is 3.57. The Morgan fingerprint density at radius 2 is 1.85 bits per heavy atom. The number of halogens is 5. The topological polar surface area (TPSA) is 55.5 Å². The van der Waals surface area contributed by atoms with E-state index in [2.05, 4.69) is 4.74 Å². The molecule has 0 aliphatic heterocycles. The predicted molar refractivity (Wildman–Crippen MR) is 73.2 cm³/mol. The van der Waals surface area contributed by atoms with Crippen LogP contribution in [-0.2, 0) is 0 Å². The zero-order valence-electron chi connectivity index (χ0n) is 10.8. The highest BCUT2D eigenvalue weighted by Gasteiger charge is 2.32. The Bertz CT molecular complexity index is 441. The molecule has 0 aliphatic carbocycles. The number of alkyl halides is 3. The fraction of sp³-hybridized carbons (Fsp3) is 0.500. The molecule has 0 bridgehead atoms. The van der Waals surface area contributed by atoms with E-state index in [9.17, 15) is 18.3 Å². The summed E-state index contributed by atoms with van der Waals surface area (Å²) in [5.74, 6) is -0.580. The minimum Gasteiger partial charge on any atom is -0.404 e. The normalized spacial score (nSPS) is 14.7. The standard InChI is InChI=1S/C12H15ClF3NO2.ClH/c1-6(2)11(18)10(17)7-3-4-9(8(13)5-7)19-12(14,15)16;/h3-6,10-11,18H,17H2,1-2H3;1H/t10-,11+;/m1./s1. The third-order valence-corrected chi connectivity index (χ3v) is 2.91. The summed E-state index contributed by atoms with van der Waals surface area (Å²) in [7, 11) is 0. The van der Waals surface area contributed by atoms with Crippen molar-refractivity contribution in [2.24, 2.45) is 11.7 Å².